The van der Waals surface area contributed by atoms with E-state index in [-0.39, 0.29) is 18.0 Å². The lowest BCUT2D eigenvalue weighted by Crippen LogP contribution is -2.63. The van der Waals surface area contributed by atoms with Gasteiger partial charge >= 0.3 is 0 Å². The third-order valence-electron chi connectivity index (χ3n) is 5.48. The zero-order chi connectivity index (χ0) is 22.1. The summed E-state index contributed by atoms with van der Waals surface area (Å²) in [4.78, 5) is 12.3. The normalized spacial score (nSPS) is 15.1. The molecule has 1 aliphatic carbocycles. The van der Waals surface area contributed by atoms with Gasteiger partial charge in [-0.2, -0.15) is 11.8 Å². The maximum atomic E-state index is 13.0. The van der Waals surface area contributed by atoms with E-state index in [1.165, 1.54) is 44.2 Å². The van der Waals surface area contributed by atoms with Crippen LogP contribution in [0.25, 0.3) is 0 Å². The maximum Gasteiger partial charge on any atom is 0.251 e. The Hall–Kier alpha value is -1.93. The van der Waals surface area contributed by atoms with Crippen LogP contribution in [0.5, 0.6) is 0 Å². The van der Waals surface area contributed by atoms with Gasteiger partial charge in [0.15, 0.2) is 0 Å². The average molecular weight is 445 g/mol. The summed E-state index contributed by atoms with van der Waals surface area (Å²) in [5, 5.41) is 30.5. The highest BCUT2D eigenvalue weighted by Gasteiger charge is 2.13. The molecule has 0 bridgehead atoms. The summed E-state index contributed by atoms with van der Waals surface area (Å²) in [7, 11) is 0. The first kappa shape index (κ1) is 23.7. The lowest BCUT2D eigenvalue weighted by Gasteiger charge is -2.50. The molecule has 7 heteroatoms. The van der Waals surface area contributed by atoms with Crippen molar-refractivity contribution in [1.29, 1.82) is 0 Å². The van der Waals surface area contributed by atoms with E-state index in [2.05, 4.69) is 10.6 Å². The minimum absolute atomic E-state index is 0.0463. The van der Waals surface area contributed by atoms with Crippen molar-refractivity contribution in [2.75, 3.05) is 12.3 Å². The van der Waals surface area contributed by atoms with Crippen molar-refractivity contribution < 1.29 is 19.4 Å². The first-order valence-corrected chi connectivity index (χ1v) is 11.9. The average Bonchev–Trinajstić information content (AvgIpc) is 2.79. The van der Waals surface area contributed by atoms with E-state index in [4.69, 9.17) is 0 Å². The Labute approximate surface area is 187 Å². The summed E-state index contributed by atoms with van der Waals surface area (Å²) in [6, 6.07) is 11.3. The molecule has 2 N–H and O–H groups in total. The Bertz CT molecular complexity index is 822. The highest BCUT2D eigenvalue weighted by atomic mass is 32.2. The molecule has 31 heavy (non-hydrogen) atoms. The van der Waals surface area contributed by atoms with Gasteiger partial charge in [-0.25, -0.2) is 4.39 Å². The molecule has 0 heterocycles. The summed E-state index contributed by atoms with van der Waals surface area (Å²) in [6.07, 6.45) is 7.65. The van der Waals surface area contributed by atoms with Crippen LogP contribution in [0.1, 0.15) is 60.0 Å². The molecule has 0 unspecified atom stereocenters. The Morgan fingerprint density at radius 2 is 1.71 bits per heavy atom. The Kier molecular flexibility index (Phi) is 8.90. The molecule has 0 atom stereocenters. The van der Waals surface area contributed by atoms with E-state index >= 15 is 0 Å². The van der Waals surface area contributed by atoms with Crippen LogP contribution < -0.4 is 20.8 Å². The number of rotatable bonds is 10. The molecule has 5 nitrogen and oxygen atoms in total. The van der Waals surface area contributed by atoms with Gasteiger partial charge in [0.05, 0.1) is 0 Å². The fourth-order valence-electron chi connectivity index (χ4n) is 3.62. The van der Waals surface area contributed by atoms with Gasteiger partial charge in [0.2, 0.25) is 0 Å². The zero-order valence-corrected chi connectivity index (χ0v) is 18.4. The van der Waals surface area contributed by atoms with Gasteiger partial charge in [-0.05, 0) is 54.8 Å². The highest BCUT2D eigenvalue weighted by Crippen LogP contribution is 2.28. The summed E-state index contributed by atoms with van der Waals surface area (Å²) in [5.41, 5.74) is 1.17. The molecule has 0 saturated heterocycles. The molecule has 1 aliphatic rings. The maximum absolute atomic E-state index is 13.0. The fraction of sp³-hybridized carbons (Fsp3) is 0.458. The van der Waals surface area contributed by atoms with Crippen LogP contribution in [-0.4, -0.2) is 23.5 Å². The van der Waals surface area contributed by atoms with Crippen molar-refractivity contribution in [1.82, 2.24) is 10.6 Å². The van der Waals surface area contributed by atoms with Crippen LogP contribution in [0, 0.1) is 5.82 Å². The molecule has 2 aromatic rings. The van der Waals surface area contributed by atoms with Gasteiger partial charge in [-0.3, -0.25) is 4.79 Å². The molecule has 3 rings (SSSR count). The molecule has 168 valence electrons. The number of halogens is 1. The van der Waals surface area contributed by atoms with Crippen molar-refractivity contribution in [2.45, 2.75) is 56.2 Å². The molecule has 2 aromatic carbocycles. The molecule has 0 aromatic heterocycles. The molecule has 0 spiro atoms. The highest BCUT2D eigenvalue weighted by molar-refractivity contribution is 7.99. The quantitative estimate of drug-likeness (QED) is 0.435. The fourth-order valence-corrected chi connectivity index (χ4v) is 4.93. The van der Waals surface area contributed by atoms with Crippen molar-refractivity contribution >= 4 is 17.7 Å². The third kappa shape index (κ3) is 7.61. The number of thioether (sulfide) groups is 1. The zero-order valence-electron chi connectivity index (χ0n) is 17.6. The summed E-state index contributed by atoms with van der Waals surface area (Å²) < 4.78 is 13.0. The van der Waals surface area contributed by atoms with Crippen LogP contribution in [-0.2, 0) is 12.5 Å². The number of carbonyl (C=O) groups excluding carboxylic acids is 1. The number of nitrogens with one attached hydrogen (secondary N) is 2. The predicted molar refractivity (Wildman–Crippen MR) is 118 cm³/mol. The molecule has 0 radical (unpaired) electrons. The van der Waals surface area contributed by atoms with E-state index in [1.54, 1.807) is 24.3 Å². The lowest BCUT2D eigenvalue weighted by molar-refractivity contribution is -0.745. The van der Waals surface area contributed by atoms with Crippen LogP contribution in [0.15, 0.2) is 48.5 Å². The van der Waals surface area contributed by atoms with E-state index in [1.807, 2.05) is 11.8 Å². The number of carbonyl (C=O) groups is 1. The Morgan fingerprint density at radius 1 is 1.03 bits per heavy atom. The SMILES string of the molecule is O=C(NCCCSC1CCCCC1)c1ccc(CNC([O-])([O-])c2ccc(F)cc2)cc1. The van der Waals surface area contributed by atoms with Crippen LogP contribution in [0.3, 0.4) is 0 Å². The molecular weight excluding hydrogens is 415 g/mol. The second-order valence-corrected chi connectivity index (χ2v) is 9.32. The monoisotopic (exact) mass is 444 g/mol. The van der Waals surface area contributed by atoms with E-state index in [9.17, 15) is 19.4 Å². The topological polar surface area (TPSA) is 87.2 Å². The molecule has 1 fully saturated rings. The minimum atomic E-state index is -2.78. The number of benzene rings is 2. The molecular formula is C24H29FN2O3S-2. The van der Waals surface area contributed by atoms with Crippen molar-refractivity contribution in [2.24, 2.45) is 0 Å². The molecule has 1 saturated carbocycles. The standard InChI is InChI=1S/C24H29FN2O3S/c25-21-13-11-20(12-14-21)24(29,30)27-17-18-7-9-19(10-8-18)23(28)26-15-4-16-31-22-5-2-1-3-6-22/h7-14,22,27H,1-6,15-17H2,(H,26,28)/q-2. The van der Waals surface area contributed by atoms with E-state index in [0.717, 1.165) is 29.6 Å². The van der Waals surface area contributed by atoms with Crippen molar-refractivity contribution in [3.8, 4) is 0 Å². The van der Waals surface area contributed by atoms with Gasteiger partial charge < -0.3 is 20.8 Å². The number of amides is 1. The second-order valence-electron chi connectivity index (χ2n) is 7.91. The number of hydrogen-bond acceptors (Lipinski definition) is 5. The van der Waals surface area contributed by atoms with Crippen LogP contribution in [0.4, 0.5) is 4.39 Å². The Morgan fingerprint density at radius 3 is 2.39 bits per heavy atom. The van der Waals surface area contributed by atoms with Gasteiger partial charge in [0, 0.05) is 23.9 Å². The largest absolute Gasteiger partial charge is 0.848 e. The minimum Gasteiger partial charge on any atom is -0.848 e. The smallest absolute Gasteiger partial charge is 0.251 e. The Balaban J connectivity index is 1.38. The summed E-state index contributed by atoms with van der Waals surface area (Å²) in [5.74, 6) is -2.35. The third-order valence-corrected chi connectivity index (χ3v) is 6.95. The number of hydrogen-bond donors (Lipinski definition) is 2. The van der Waals surface area contributed by atoms with Crippen LogP contribution in [0.2, 0.25) is 0 Å². The van der Waals surface area contributed by atoms with Crippen LogP contribution >= 0.6 is 11.8 Å². The first-order valence-electron chi connectivity index (χ1n) is 10.8. The molecule has 1 amide bonds. The summed E-state index contributed by atoms with van der Waals surface area (Å²) in [6.45, 7) is 0.694. The van der Waals surface area contributed by atoms with E-state index < -0.39 is 11.7 Å². The molecule has 0 aliphatic heterocycles. The van der Waals surface area contributed by atoms with E-state index in [0.29, 0.717) is 17.7 Å². The summed E-state index contributed by atoms with van der Waals surface area (Å²) >= 11 is 2.03. The lowest BCUT2D eigenvalue weighted by atomic mass is 10.0. The van der Waals surface area contributed by atoms with Gasteiger partial charge in [0.1, 0.15) is 5.82 Å². The van der Waals surface area contributed by atoms with Crippen molar-refractivity contribution in [3.05, 3.63) is 71.0 Å². The van der Waals surface area contributed by atoms with Crippen molar-refractivity contribution in [3.63, 3.8) is 0 Å². The second kappa shape index (κ2) is 11.6. The van der Waals surface area contributed by atoms with Gasteiger partial charge in [-0.15, -0.1) is 5.91 Å². The van der Waals surface area contributed by atoms with Gasteiger partial charge in [-0.1, -0.05) is 49.1 Å². The predicted octanol–water partition coefficient (Wildman–Crippen LogP) is 2.63. The van der Waals surface area contributed by atoms with Gasteiger partial charge in [0.25, 0.3) is 5.91 Å². The first-order chi connectivity index (χ1) is 14.9.